The van der Waals surface area contributed by atoms with Crippen molar-refractivity contribution in [3.8, 4) is 0 Å². The Morgan fingerprint density at radius 2 is 1.93 bits per heavy atom. The lowest BCUT2D eigenvalue weighted by Crippen LogP contribution is -2.47. The molecular weight excluding hydrogens is 192 g/mol. The second-order valence-electron chi connectivity index (χ2n) is 4.92. The van der Waals surface area contributed by atoms with Gasteiger partial charge in [0.1, 0.15) is 0 Å². The first-order valence-corrected chi connectivity index (χ1v) is 5.90. The van der Waals surface area contributed by atoms with Gasteiger partial charge in [-0.3, -0.25) is 0 Å². The van der Waals surface area contributed by atoms with Gasteiger partial charge in [-0.1, -0.05) is 6.92 Å². The van der Waals surface area contributed by atoms with Crippen LogP contribution in [0.1, 0.15) is 41.0 Å². The van der Waals surface area contributed by atoms with E-state index in [9.17, 15) is 0 Å². The van der Waals surface area contributed by atoms with Gasteiger partial charge in [0.05, 0.1) is 0 Å². The average molecular weight is 214 g/mol. The molecule has 0 aromatic rings. The van der Waals surface area contributed by atoms with Gasteiger partial charge in [-0.25, -0.2) is 0 Å². The minimum atomic E-state index is 0.154. The standard InChI is InChI=1S/C11H22N2S/c1-6-9-8-12(7-2)10(14)13(9)11(3,4)5/h9H,6-8H2,1-5H3/t9-/m1/s1. The van der Waals surface area contributed by atoms with Gasteiger partial charge in [0, 0.05) is 24.7 Å². The summed E-state index contributed by atoms with van der Waals surface area (Å²) < 4.78 is 0. The molecule has 0 aromatic carbocycles. The second-order valence-corrected chi connectivity index (χ2v) is 5.29. The number of nitrogens with zero attached hydrogens (tertiary/aromatic N) is 2. The van der Waals surface area contributed by atoms with Crippen LogP contribution in [0.5, 0.6) is 0 Å². The Morgan fingerprint density at radius 1 is 1.36 bits per heavy atom. The maximum atomic E-state index is 5.50. The van der Waals surface area contributed by atoms with Crippen LogP contribution in [0.3, 0.4) is 0 Å². The molecule has 1 rings (SSSR count). The molecule has 14 heavy (non-hydrogen) atoms. The molecule has 2 nitrogen and oxygen atoms in total. The Kier molecular flexibility index (Phi) is 3.40. The first kappa shape index (κ1) is 11.8. The average Bonchev–Trinajstić information content (AvgIpc) is 2.40. The molecule has 0 aromatic heterocycles. The van der Waals surface area contributed by atoms with Gasteiger partial charge >= 0.3 is 0 Å². The Labute approximate surface area is 93.3 Å². The first-order valence-electron chi connectivity index (χ1n) is 5.50. The number of thiocarbonyl (C=S) groups is 1. The third-order valence-electron chi connectivity index (χ3n) is 2.85. The summed E-state index contributed by atoms with van der Waals surface area (Å²) >= 11 is 5.50. The summed E-state index contributed by atoms with van der Waals surface area (Å²) in [5.74, 6) is 0. The molecular formula is C11H22N2S. The summed E-state index contributed by atoms with van der Waals surface area (Å²) in [6.07, 6.45) is 1.17. The van der Waals surface area contributed by atoms with Crippen LogP contribution >= 0.6 is 12.2 Å². The summed E-state index contributed by atoms with van der Waals surface area (Å²) in [6.45, 7) is 13.3. The lowest BCUT2D eigenvalue weighted by Gasteiger charge is -2.37. The van der Waals surface area contributed by atoms with E-state index < -0.39 is 0 Å². The third kappa shape index (κ3) is 2.02. The predicted molar refractivity (Wildman–Crippen MR) is 65.5 cm³/mol. The van der Waals surface area contributed by atoms with Gasteiger partial charge in [0.15, 0.2) is 5.11 Å². The van der Waals surface area contributed by atoms with Crippen LogP contribution < -0.4 is 0 Å². The molecule has 1 atom stereocenters. The fourth-order valence-electron chi connectivity index (χ4n) is 2.13. The molecule has 0 saturated carbocycles. The Hall–Kier alpha value is -0.310. The second kappa shape index (κ2) is 4.05. The largest absolute Gasteiger partial charge is 0.347 e. The molecule has 0 radical (unpaired) electrons. The minimum Gasteiger partial charge on any atom is -0.347 e. The van der Waals surface area contributed by atoms with E-state index in [1.54, 1.807) is 0 Å². The first-order chi connectivity index (χ1) is 6.41. The zero-order chi connectivity index (χ0) is 10.9. The number of hydrogen-bond donors (Lipinski definition) is 0. The van der Waals surface area contributed by atoms with Gasteiger partial charge in [-0.2, -0.15) is 0 Å². The highest BCUT2D eigenvalue weighted by Crippen LogP contribution is 2.27. The zero-order valence-electron chi connectivity index (χ0n) is 10.0. The molecule has 0 N–H and O–H groups in total. The lowest BCUT2D eigenvalue weighted by molar-refractivity contribution is 0.197. The van der Waals surface area contributed by atoms with Gasteiger partial charge in [-0.05, 0) is 46.3 Å². The van der Waals surface area contributed by atoms with Crippen LogP contribution in [0, 0.1) is 0 Å². The molecule has 1 saturated heterocycles. The monoisotopic (exact) mass is 214 g/mol. The third-order valence-corrected chi connectivity index (χ3v) is 3.30. The van der Waals surface area contributed by atoms with Crippen molar-refractivity contribution in [2.24, 2.45) is 0 Å². The highest BCUT2D eigenvalue weighted by Gasteiger charge is 2.38. The van der Waals surface area contributed by atoms with Crippen LogP contribution in [-0.4, -0.2) is 39.6 Å². The van der Waals surface area contributed by atoms with Crippen LogP contribution in [0.25, 0.3) is 0 Å². The van der Waals surface area contributed by atoms with Crippen molar-refractivity contribution in [3.63, 3.8) is 0 Å². The highest BCUT2D eigenvalue weighted by atomic mass is 32.1. The van der Waals surface area contributed by atoms with Crippen molar-refractivity contribution in [2.75, 3.05) is 13.1 Å². The molecule has 1 heterocycles. The smallest absolute Gasteiger partial charge is 0.172 e. The highest BCUT2D eigenvalue weighted by molar-refractivity contribution is 7.80. The van der Waals surface area contributed by atoms with Crippen molar-refractivity contribution in [1.29, 1.82) is 0 Å². The summed E-state index contributed by atoms with van der Waals surface area (Å²) in [6, 6.07) is 0.599. The van der Waals surface area contributed by atoms with E-state index in [0.29, 0.717) is 6.04 Å². The fraction of sp³-hybridized carbons (Fsp3) is 0.909. The van der Waals surface area contributed by atoms with E-state index in [0.717, 1.165) is 18.2 Å². The van der Waals surface area contributed by atoms with Crippen molar-refractivity contribution < 1.29 is 0 Å². The van der Waals surface area contributed by atoms with Crippen LogP contribution in [-0.2, 0) is 0 Å². The van der Waals surface area contributed by atoms with Crippen LogP contribution in [0.4, 0.5) is 0 Å². The Morgan fingerprint density at radius 3 is 2.21 bits per heavy atom. The number of hydrogen-bond acceptors (Lipinski definition) is 1. The van der Waals surface area contributed by atoms with Crippen LogP contribution in [0.15, 0.2) is 0 Å². The predicted octanol–water partition coefficient (Wildman–Crippen LogP) is 2.49. The molecule has 0 unspecified atom stereocenters. The molecule has 0 spiro atoms. The van der Waals surface area contributed by atoms with Crippen molar-refractivity contribution in [2.45, 2.75) is 52.6 Å². The Bertz CT molecular complexity index is 220. The summed E-state index contributed by atoms with van der Waals surface area (Å²) in [7, 11) is 0. The molecule has 3 heteroatoms. The molecule has 1 aliphatic rings. The molecule has 82 valence electrons. The number of likely N-dealkylation sites (N-methyl/N-ethyl adjacent to an activating group) is 1. The van der Waals surface area contributed by atoms with Crippen LogP contribution in [0.2, 0.25) is 0 Å². The van der Waals surface area contributed by atoms with Crippen molar-refractivity contribution in [3.05, 3.63) is 0 Å². The van der Waals surface area contributed by atoms with Crippen molar-refractivity contribution >= 4 is 17.3 Å². The summed E-state index contributed by atoms with van der Waals surface area (Å²) in [4.78, 5) is 4.70. The zero-order valence-corrected chi connectivity index (χ0v) is 10.8. The minimum absolute atomic E-state index is 0.154. The summed E-state index contributed by atoms with van der Waals surface area (Å²) in [5.41, 5.74) is 0.154. The van der Waals surface area contributed by atoms with E-state index in [2.05, 4.69) is 44.4 Å². The molecule has 1 aliphatic heterocycles. The topological polar surface area (TPSA) is 6.48 Å². The van der Waals surface area contributed by atoms with Gasteiger partial charge in [-0.15, -0.1) is 0 Å². The summed E-state index contributed by atoms with van der Waals surface area (Å²) in [5, 5.41) is 1.03. The maximum Gasteiger partial charge on any atom is 0.172 e. The Balaban J connectivity index is 2.86. The van der Waals surface area contributed by atoms with E-state index >= 15 is 0 Å². The number of rotatable bonds is 2. The molecule has 0 amide bonds. The van der Waals surface area contributed by atoms with E-state index in [1.165, 1.54) is 6.42 Å². The normalized spacial score (nSPS) is 23.5. The lowest BCUT2D eigenvalue weighted by atomic mass is 10.0. The van der Waals surface area contributed by atoms with Gasteiger partial charge < -0.3 is 9.80 Å². The molecule has 0 bridgehead atoms. The van der Waals surface area contributed by atoms with Crippen molar-refractivity contribution in [1.82, 2.24) is 9.80 Å². The molecule has 1 fully saturated rings. The SMILES string of the molecule is CC[C@@H]1CN(CC)C(=S)N1C(C)(C)C. The molecule has 0 aliphatic carbocycles. The van der Waals surface area contributed by atoms with Gasteiger partial charge in [0.25, 0.3) is 0 Å². The van der Waals surface area contributed by atoms with Gasteiger partial charge in [0.2, 0.25) is 0 Å². The quantitative estimate of drug-likeness (QED) is 0.652. The van der Waals surface area contributed by atoms with E-state index in [4.69, 9.17) is 12.2 Å². The maximum absolute atomic E-state index is 5.50. The van der Waals surface area contributed by atoms with E-state index in [1.807, 2.05) is 0 Å². The van der Waals surface area contributed by atoms with E-state index in [-0.39, 0.29) is 5.54 Å². The fourth-order valence-corrected chi connectivity index (χ4v) is 2.76.